The van der Waals surface area contributed by atoms with Crippen LogP contribution in [0.4, 0.5) is 26.3 Å². The van der Waals surface area contributed by atoms with E-state index in [0.717, 1.165) is 12.8 Å². The SMILES string of the molecule is OC(CCOCC1CC2C=CC1C2)(C(F)(F)F)C(F)(F)F. The van der Waals surface area contributed by atoms with Gasteiger partial charge in [0.1, 0.15) is 0 Å². The molecule has 8 heteroatoms. The Kier molecular flexibility index (Phi) is 4.32. The first-order valence-corrected chi connectivity index (χ1v) is 6.66. The maximum Gasteiger partial charge on any atom is 0.426 e. The molecule has 0 aromatic heterocycles. The van der Waals surface area contributed by atoms with Gasteiger partial charge < -0.3 is 9.84 Å². The smallest absolute Gasteiger partial charge is 0.381 e. The number of allylic oxidation sites excluding steroid dienone is 2. The molecule has 3 atom stereocenters. The highest BCUT2D eigenvalue weighted by atomic mass is 19.4. The predicted octanol–water partition coefficient (Wildman–Crippen LogP) is 3.46. The third-order valence-electron chi connectivity index (χ3n) is 4.29. The van der Waals surface area contributed by atoms with Crippen molar-refractivity contribution in [3.63, 3.8) is 0 Å². The molecule has 0 spiro atoms. The Morgan fingerprint density at radius 1 is 1.00 bits per heavy atom. The molecule has 2 rings (SSSR count). The molecule has 0 radical (unpaired) electrons. The summed E-state index contributed by atoms with van der Waals surface area (Å²) in [5, 5.41) is 8.94. The molecule has 2 aliphatic carbocycles. The van der Waals surface area contributed by atoms with Crippen LogP contribution in [0, 0.1) is 17.8 Å². The monoisotopic (exact) mass is 318 g/mol. The Bertz CT molecular complexity index is 386. The molecule has 0 aromatic carbocycles. The largest absolute Gasteiger partial charge is 0.426 e. The second-order valence-electron chi connectivity index (χ2n) is 5.72. The summed E-state index contributed by atoms with van der Waals surface area (Å²) in [7, 11) is 0. The lowest BCUT2D eigenvalue weighted by atomic mass is 9.94. The first kappa shape index (κ1) is 16.6. The minimum atomic E-state index is -5.77. The summed E-state index contributed by atoms with van der Waals surface area (Å²) in [6, 6.07) is 0. The van der Waals surface area contributed by atoms with Gasteiger partial charge in [-0.3, -0.25) is 0 Å². The van der Waals surface area contributed by atoms with Gasteiger partial charge in [-0.15, -0.1) is 0 Å². The van der Waals surface area contributed by atoms with E-state index in [-0.39, 0.29) is 12.5 Å². The standard InChI is InChI=1S/C13H16F6O2/c14-12(15,16)11(20,13(17,18)19)3-4-21-7-10-6-8-1-2-9(10)5-8/h1-2,8-10,20H,3-7H2. The van der Waals surface area contributed by atoms with Gasteiger partial charge in [-0.25, -0.2) is 0 Å². The van der Waals surface area contributed by atoms with Crippen molar-refractivity contribution < 1.29 is 36.2 Å². The number of alkyl halides is 6. The van der Waals surface area contributed by atoms with Crippen LogP contribution in [0.1, 0.15) is 19.3 Å². The molecule has 0 aromatic rings. The van der Waals surface area contributed by atoms with E-state index in [1.54, 1.807) is 0 Å². The van der Waals surface area contributed by atoms with Gasteiger partial charge in [0.25, 0.3) is 5.60 Å². The molecule has 2 aliphatic rings. The van der Waals surface area contributed by atoms with Gasteiger partial charge in [0.15, 0.2) is 0 Å². The third-order valence-corrected chi connectivity index (χ3v) is 4.29. The quantitative estimate of drug-likeness (QED) is 0.478. The molecular formula is C13H16F6O2. The fraction of sp³-hybridized carbons (Fsp3) is 0.846. The van der Waals surface area contributed by atoms with Crippen LogP contribution in [-0.4, -0.2) is 36.3 Å². The number of rotatable bonds is 5. The molecule has 122 valence electrons. The molecule has 2 nitrogen and oxygen atoms in total. The highest BCUT2D eigenvalue weighted by molar-refractivity contribution is 5.10. The van der Waals surface area contributed by atoms with E-state index in [9.17, 15) is 26.3 Å². The van der Waals surface area contributed by atoms with Gasteiger partial charge >= 0.3 is 12.4 Å². The number of hydrogen-bond acceptors (Lipinski definition) is 2. The third kappa shape index (κ3) is 3.21. The summed E-state index contributed by atoms with van der Waals surface area (Å²) in [6.45, 7) is -0.662. The van der Waals surface area contributed by atoms with E-state index in [0.29, 0.717) is 11.8 Å². The molecule has 3 unspecified atom stereocenters. The summed E-state index contributed by atoms with van der Waals surface area (Å²) in [5.74, 6) is 0.898. The maximum atomic E-state index is 12.4. The van der Waals surface area contributed by atoms with Crippen molar-refractivity contribution in [2.45, 2.75) is 37.2 Å². The Morgan fingerprint density at radius 3 is 2.05 bits per heavy atom. The highest BCUT2D eigenvalue weighted by Crippen LogP contribution is 2.46. The molecule has 1 saturated carbocycles. The Labute approximate surface area is 117 Å². The van der Waals surface area contributed by atoms with Crippen LogP contribution in [0.3, 0.4) is 0 Å². The summed E-state index contributed by atoms with van der Waals surface area (Å²) >= 11 is 0. The lowest BCUT2D eigenvalue weighted by Gasteiger charge is -2.32. The number of ether oxygens (including phenoxy) is 1. The molecule has 2 bridgehead atoms. The minimum Gasteiger partial charge on any atom is -0.381 e. The number of aliphatic hydroxyl groups is 1. The zero-order valence-corrected chi connectivity index (χ0v) is 11.0. The van der Waals surface area contributed by atoms with Crippen LogP contribution in [0.15, 0.2) is 12.2 Å². The topological polar surface area (TPSA) is 29.5 Å². The van der Waals surface area contributed by atoms with E-state index < -0.39 is 31.0 Å². The summed E-state index contributed by atoms with van der Waals surface area (Å²) in [6.07, 6.45) is -7.17. The van der Waals surface area contributed by atoms with Gasteiger partial charge in [-0.2, -0.15) is 26.3 Å². The molecular weight excluding hydrogens is 302 g/mol. The van der Waals surface area contributed by atoms with E-state index in [4.69, 9.17) is 9.84 Å². The molecule has 0 heterocycles. The van der Waals surface area contributed by atoms with Crippen LogP contribution in [0.5, 0.6) is 0 Å². The average molecular weight is 318 g/mol. The van der Waals surface area contributed by atoms with Crippen molar-refractivity contribution in [1.82, 2.24) is 0 Å². The van der Waals surface area contributed by atoms with Crippen LogP contribution in [0.25, 0.3) is 0 Å². The van der Waals surface area contributed by atoms with Gasteiger partial charge in [-0.05, 0) is 30.6 Å². The van der Waals surface area contributed by atoms with Gasteiger partial charge in [-0.1, -0.05) is 12.2 Å². The zero-order chi connectivity index (χ0) is 15.9. The normalized spacial score (nSPS) is 29.4. The molecule has 0 saturated heterocycles. The minimum absolute atomic E-state index is 0.122. The number of fused-ring (bicyclic) bond motifs is 2. The lowest BCUT2D eigenvalue weighted by molar-refractivity contribution is -0.371. The average Bonchev–Trinajstić information content (AvgIpc) is 2.93. The maximum absolute atomic E-state index is 12.4. The van der Waals surface area contributed by atoms with E-state index in [2.05, 4.69) is 6.08 Å². The molecule has 1 fully saturated rings. The Balaban J connectivity index is 1.82. The number of hydrogen-bond donors (Lipinski definition) is 1. The zero-order valence-electron chi connectivity index (χ0n) is 11.0. The molecule has 21 heavy (non-hydrogen) atoms. The predicted molar refractivity (Wildman–Crippen MR) is 61.3 cm³/mol. The lowest BCUT2D eigenvalue weighted by Crippen LogP contribution is -2.57. The van der Waals surface area contributed by atoms with E-state index in [1.165, 1.54) is 0 Å². The molecule has 1 N–H and O–H groups in total. The van der Waals surface area contributed by atoms with Crippen LogP contribution in [-0.2, 0) is 4.74 Å². The van der Waals surface area contributed by atoms with Crippen LogP contribution < -0.4 is 0 Å². The fourth-order valence-electron chi connectivity index (χ4n) is 2.99. The van der Waals surface area contributed by atoms with Gasteiger partial charge in [0.05, 0.1) is 6.61 Å². The van der Waals surface area contributed by atoms with E-state index >= 15 is 0 Å². The van der Waals surface area contributed by atoms with Gasteiger partial charge in [0.2, 0.25) is 0 Å². The first-order valence-electron chi connectivity index (χ1n) is 6.66. The number of halogens is 6. The Morgan fingerprint density at radius 2 is 1.62 bits per heavy atom. The summed E-state index contributed by atoms with van der Waals surface area (Å²) < 4.78 is 79.5. The first-order chi connectivity index (χ1) is 9.54. The van der Waals surface area contributed by atoms with Crippen molar-refractivity contribution in [1.29, 1.82) is 0 Å². The second kappa shape index (κ2) is 5.46. The summed E-state index contributed by atoms with van der Waals surface area (Å²) in [4.78, 5) is 0. The highest BCUT2D eigenvalue weighted by Gasteiger charge is 2.69. The van der Waals surface area contributed by atoms with Crippen molar-refractivity contribution in [3.8, 4) is 0 Å². The summed E-state index contributed by atoms with van der Waals surface area (Å²) in [5.41, 5.74) is -4.71. The van der Waals surface area contributed by atoms with Crippen LogP contribution in [0.2, 0.25) is 0 Å². The fourth-order valence-corrected chi connectivity index (χ4v) is 2.99. The second-order valence-corrected chi connectivity index (χ2v) is 5.72. The van der Waals surface area contributed by atoms with Crippen molar-refractivity contribution in [2.24, 2.45) is 17.8 Å². The van der Waals surface area contributed by atoms with Crippen molar-refractivity contribution in [3.05, 3.63) is 12.2 Å². The van der Waals surface area contributed by atoms with Gasteiger partial charge in [0, 0.05) is 13.0 Å². The van der Waals surface area contributed by atoms with Crippen molar-refractivity contribution in [2.75, 3.05) is 13.2 Å². The van der Waals surface area contributed by atoms with Crippen molar-refractivity contribution >= 4 is 0 Å². The molecule has 0 amide bonds. The molecule has 0 aliphatic heterocycles. The van der Waals surface area contributed by atoms with E-state index in [1.807, 2.05) is 6.08 Å². The van der Waals surface area contributed by atoms with Crippen LogP contribution >= 0.6 is 0 Å². The Hall–Kier alpha value is -0.760.